The zero-order valence-electron chi connectivity index (χ0n) is 11.0. The Bertz CT molecular complexity index is 503. The molecule has 1 aliphatic carbocycles. The zero-order chi connectivity index (χ0) is 14.0. The Morgan fingerprint density at radius 2 is 2.42 bits per heavy atom. The van der Waals surface area contributed by atoms with E-state index in [-0.39, 0.29) is 18.3 Å². The van der Waals surface area contributed by atoms with Gasteiger partial charge in [-0.05, 0) is 25.7 Å². The molecular weight excluding hydrogens is 248 g/mol. The number of carbonyl (C=O) groups excluding carboxylic acids is 1. The van der Waals surface area contributed by atoms with Crippen LogP contribution in [0.25, 0.3) is 0 Å². The molecule has 0 aromatic carbocycles. The summed E-state index contributed by atoms with van der Waals surface area (Å²) in [6.07, 6.45) is 1.18. The van der Waals surface area contributed by atoms with Gasteiger partial charge in [0.15, 0.2) is 5.84 Å². The van der Waals surface area contributed by atoms with Gasteiger partial charge in [0.05, 0.1) is 6.54 Å². The molecule has 1 aromatic rings. The van der Waals surface area contributed by atoms with Crippen molar-refractivity contribution < 1.29 is 14.5 Å². The highest BCUT2D eigenvalue weighted by molar-refractivity contribution is 6.07. The molecule has 1 saturated carbocycles. The molecule has 0 atom stereocenters. The normalized spacial score (nSPS) is 26.8. The van der Waals surface area contributed by atoms with Crippen LogP contribution in [0.1, 0.15) is 31.2 Å². The number of hydrogen-bond donors (Lipinski definition) is 3. The summed E-state index contributed by atoms with van der Waals surface area (Å²) in [5.74, 6) is 0.814. The molecule has 104 valence electrons. The van der Waals surface area contributed by atoms with Crippen LogP contribution in [0.3, 0.4) is 0 Å². The van der Waals surface area contributed by atoms with Crippen molar-refractivity contribution >= 4 is 11.7 Å². The fourth-order valence-electron chi connectivity index (χ4n) is 2.58. The minimum atomic E-state index is -0.882. The molecule has 0 saturated heterocycles. The van der Waals surface area contributed by atoms with E-state index >= 15 is 0 Å². The maximum atomic E-state index is 12.2. The van der Waals surface area contributed by atoms with Gasteiger partial charge >= 0.3 is 0 Å². The number of rotatable bonds is 4. The lowest BCUT2D eigenvalue weighted by molar-refractivity contribution is -0.133. The third kappa shape index (κ3) is 2.40. The second-order valence-electron chi connectivity index (χ2n) is 5.19. The van der Waals surface area contributed by atoms with Gasteiger partial charge in [-0.3, -0.25) is 4.79 Å². The number of nitrogens with two attached hydrogens (primary N) is 1. The molecule has 2 rings (SSSR count). The van der Waals surface area contributed by atoms with Crippen LogP contribution in [0.4, 0.5) is 0 Å². The number of nitrogens with zero attached hydrogens (tertiary/aromatic N) is 2. The van der Waals surface area contributed by atoms with Crippen molar-refractivity contribution in [1.29, 1.82) is 0 Å². The minimum absolute atomic E-state index is 0.0283. The second kappa shape index (κ2) is 4.91. The Hall–Kier alpha value is -2.05. The summed E-state index contributed by atoms with van der Waals surface area (Å²) >= 11 is 0. The van der Waals surface area contributed by atoms with E-state index in [9.17, 15) is 4.79 Å². The Labute approximate surface area is 110 Å². The highest BCUT2D eigenvalue weighted by atomic mass is 16.5. The molecule has 1 aliphatic rings. The molecule has 1 fully saturated rings. The van der Waals surface area contributed by atoms with Crippen LogP contribution >= 0.6 is 0 Å². The number of hydrogen-bond acceptors (Lipinski definition) is 5. The van der Waals surface area contributed by atoms with Gasteiger partial charge in [0.2, 0.25) is 5.91 Å². The molecule has 1 amide bonds. The first-order valence-electron chi connectivity index (χ1n) is 6.16. The molecule has 19 heavy (non-hydrogen) atoms. The van der Waals surface area contributed by atoms with Gasteiger partial charge in [-0.15, -0.1) is 0 Å². The van der Waals surface area contributed by atoms with Gasteiger partial charge in [0.25, 0.3) is 0 Å². The van der Waals surface area contributed by atoms with Gasteiger partial charge in [-0.25, -0.2) is 0 Å². The summed E-state index contributed by atoms with van der Waals surface area (Å²) in [4.78, 5) is 12.2. The molecule has 0 radical (unpaired) electrons. The molecule has 0 unspecified atom stereocenters. The third-order valence-corrected chi connectivity index (χ3v) is 3.53. The van der Waals surface area contributed by atoms with E-state index in [4.69, 9.17) is 15.5 Å². The van der Waals surface area contributed by atoms with Crippen molar-refractivity contribution in [3.63, 3.8) is 0 Å². The minimum Gasteiger partial charge on any atom is -0.409 e. The Morgan fingerprint density at radius 1 is 1.74 bits per heavy atom. The molecule has 1 heterocycles. The summed E-state index contributed by atoms with van der Waals surface area (Å²) < 4.78 is 4.92. The monoisotopic (exact) mass is 266 g/mol. The van der Waals surface area contributed by atoms with E-state index in [0.29, 0.717) is 30.2 Å². The van der Waals surface area contributed by atoms with E-state index in [1.807, 2.05) is 6.92 Å². The quantitative estimate of drug-likeness (QED) is 0.322. The first-order valence-corrected chi connectivity index (χ1v) is 6.16. The molecular formula is C12H18N4O3. The topological polar surface area (TPSA) is 114 Å². The van der Waals surface area contributed by atoms with E-state index in [1.165, 1.54) is 0 Å². The van der Waals surface area contributed by atoms with Crippen molar-refractivity contribution in [2.75, 3.05) is 0 Å². The number of oxime groups is 1. The van der Waals surface area contributed by atoms with Crippen LogP contribution in [0, 0.1) is 18.3 Å². The summed E-state index contributed by atoms with van der Waals surface area (Å²) in [5.41, 5.74) is 5.42. The molecule has 7 nitrogen and oxygen atoms in total. The van der Waals surface area contributed by atoms with Crippen molar-refractivity contribution in [3.05, 3.63) is 17.5 Å². The van der Waals surface area contributed by atoms with Crippen molar-refractivity contribution in [3.8, 4) is 0 Å². The molecule has 4 N–H and O–H groups in total. The van der Waals surface area contributed by atoms with Gasteiger partial charge in [-0.1, -0.05) is 17.2 Å². The molecule has 0 aliphatic heterocycles. The van der Waals surface area contributed by atoms with Crippen LogP contribution in [0.5, 0.6) is 0 Å². The van der Waals surface area contributed by atoms with E-state index in [0.717, 1.165) is 0 Å². The molecule has 7 heteroatoms. The van der Waals surface area contributed by atoms with E-state index < -0.39 is 5.41 Å². The predicted octanol–water partition coefficient (Wildman–Crippen LogP) is 0.762. The fraction of sp³-hybridized carbons (Fsp3) is 0.583. The Balaban J connectivity index is 2.01. The number of nitrogens with one attached hydrogen (secondary N) is 1. The Kier molecular flexibility index (Phi) is 3.46. The summed E-state index contributed by atoms with van der Waals surface area (Å²) in [7, 11) is 0. The summed E-state index contributed by atoms with van der Waals surface area (Å²) in [6, 6.07) is 1.75. The van der Waals surface area contributed by atoms with Gasteiger partial charge in [-0.2, -0.15) is 0 Å². The summed E-state index contributed by atoms with van der Waals surface area (Å²) in [6.45, 7) is 4.08. The smallest absolute Gasteiger partial charge is 0.234 e. The molecule has 0 bridgehead atoms. The number of amides is 1. The number of carbonyl (C=O) groups is 1. The SMILES string of the molecule is Cc1cc(CNC(=O)C2(/C(N)=N/O)CC(C)C2)no1. The van der Waals surface area contributed by atoms with Crippen molar-refractivity contribution in [2.45, 2.75) is 33.2 Å². The Morgan fingerprint density at radius 3 is 2.89 bits per heavy atom. The van der Waals surface area contributed by atoms with Gasteiger partial charge < -0.3 is 20.8 Å². The van der Waals surface area contributed by atoms with Crippen molar-refractivity contribution in [1.82, 2.24) is 10.5 Å². The standard InChI is InChI=1S/C12H18N4O3/c1-7-4-12(5-7,10(13)15-18)11(17)14-6-9-3-8(2)19-16-9/h3,7,18H,4-6H2,1-2H3,(H2,13,15)(H,14,17). The highest BCUT2D eigenvalue weighted by Crippen LogP contribution is 2.45. The maximum Gasteiger partial charge on any atom is 0.234 e. The van der Waals surface area contributed by atoms with Crippen LogP contribution in [0.2, 0.25) is 0 Å². The third-order valence-electron chi connectivity index (χ3n) is 3.53. The molecule has 0 spiro atoms. The van der Waals surface area contributed by atoms with Crippen LogP contribution in [-0.4, -0.2) is 22.1 Å². The zero-order valence-corrected chi connectivity index (χ0v) is 11.0. The van der Waals surface area contributed by atoms with Gasteiger partial charge in [0.1, 0.15) is 16.9 Å². The first-order chi connectivity index (χ1) is 8.98. The van der Waals surface area contributed by atoms with Crippen LogP contribution in [0.15, 0.2) is 15.7 Å². The lowest BCUT2D eigenvalue weighted by Gasteiger charge is -2.43. The lowest BCUT2D eigenvalue weighted by atomic mass is 9.61. The van der Waals surface area contributed by atoms with E-state index in [1.54, 1.807) is 13.0 Å². The lowest BCUT2D eigenvalue weighted by Crippen LogP contribution is -2.56. The highest BCUT2D eigenvalue weighted by Gasteiger charge is 2.52. The number of aromatic nitrogens is 1. The number of aryl methyl sites for hydroxylation is 1. The number of amidine groups is 1. The molecule has 1 aromatic heterocycles. The predicted molar refractivity (Wildman–Crippen MR) is 67.3 cm³/mol. The first kappa shape index (κ1) is 13.4. The summed E-state index contributed by atoms with van der Waals surface area (Å²) in [5, 5.41) is 18.4. The largest absolute Gasteiger partial charge is 0.409 e. The van der Waals surface area contributed by atoms with E-state index in [2.05, 4.69) is 15.6 Å². The maximum absolute atomic E-state index is 12.2. The second-order valence-corrected chi connectivity index (χ2v) is 5.19. The average Bonchev–Trinajstić information content (AvgIpc) is 2.76. The fourth-order valence-corrected chi connectivity index (χ4v) is 2.58. The van der Waals surface area contributed by atoms with Gasteiger partial charge in [0, 0.05) is 6.07 Å². The average molecular weight is 266 g/mol. The van der Waals surface area contributed by atoms with Crippen LogP contribution in [-0.2, 0) is 11.3 Å². The van der Waals surface area contributed by atoms with Crippen molar-refractivity contribution in [2.24, 2.45) is 22.2 Å². The van der Waals surface area contributed by atoms with Crippen LogP contribution < -0.4 is 11.1 Å².